The summed E-state index contributed by atoms with van der Waals surface area (Å²) < 4.78 is 5.27. The molecule has 1 amide bonds. The number of hydrogen-bond donors (Lipinski definition) is 3. The Kier molecular flexibility index (Phi) is 7.82. The minimum Gasteiger partial charge on any atom is -0.481 e. The van der Waals surface area contributed by atoms with Gasteiger partial charge in [-0.15, -0.1) is 0 Å². The Morgan fingerprint density at radius 2 is 1.91 bits per heavy atom. The zero-order valence-electron chi connectivity index (χ0n) is 14.9. The van der Waals surface area contributed by atoms with E-state index in [9.17, 15) is 9.59 Å². The average molecular weight is 328 g/mol. The number of alkyl carbamates (subject to hydrolysis) is 1. The van der Waals surface area contributed by atoms with E-state index in [1.807, 2.05) is 27.7 Å². The Labute approximate surface area is 139 Å². The number of aliphatic carboxylic acids is 1. The van der Waals surface area contributed by atoms with Crippen LogP contribution in [0.1, 0.15) is 66.2 Å². The monoisotopic (exact) mass is 328 g/mol. The lowest BCUT2D eigenvalue weighted by Crippen LogP contribution is -2.47. The predicted molar refractivity (Wildman–Crippen MR) is 89.5 cm³/mol. The molecule has 3 atom stereocenters. The van der Waals surface area contributed by atoms with Crippen LogP contribution in [0.4, 0.5) is 4.79 Å². The number of hydrogen-bond acceptors (Lipinski definition) is 4. The highest BCUT2D eigenvalue weighted by Gasteiger charge is 2.27. The SMILES string of the molecule is CC(CCC(=O)O)NC1CCCCC1CNC(=O)OC(C)(C)C. The van der Waals surface area contributed by atoms with Gasteiger partial charge >= 0.3 is 12.1 Å². The second kappa shape index (κ2) is 9.11. The maximum atomic E-state index is 11.8. The third-order valence-corrected chi connectivity index (χ3v) is 4.11. The van der Waals surface area contributed by atoms with E-state index in [1.54, 1.807) is 0 Å². The molecular weight excluding hydrogens is 296 g/mol. The zero-order valence-corrected chi connectivity index (χ0v) is 14.9. The van der Waals surface area contributed by atoms with E-state index in [1.165, 1.54) is 12.8 Å². The highest BCUT2D eigenvalue weighted by molar-refractivity contribution is 5.67. The molecule has 1 fully saturated rings. The summed E-state index contributed by atoms with van der Waals surface area (Å²) in [4.78, 5) is 22.5. The van der Waals surface area contributed by atoms with Gasteiger partial charge in [0.25, 0.3) is 0 Å². The van der Waals surface area contributed by atoms with Crippen LogP contribution in [-0.4, -0.2) is 41.4 Å². The second-order valence-corrected chi connectivity index (χ2v) is 7.53. The molecule has 0 aromatic carbocycles. The van der Waals surface area contributed by atoms with Gasteiger partial charge in [-0.25, -0.2) is 4.79 Å². The number of carboxylic acids is 1. The van der Waals surface area contributed by atoms with Crippen LogP contribution in [0.5, 0.6) is 0 Å². The topological polar surface area (TPSA) is 87.7 Å². The van der Waals surface area contributed by atoms with Crippen LogP contribution in [0.25, 0.3) is 0 Å². The van der Waals surface area contributed by atoms with Gasteiger partial charge in [0.15, 0.2) is 0 Å². The molecule has 3 N–H and O–H groups in total. The van der Waals surface area contributed by atoms with Crippen LogP contribution in [0, 0.1) is 5.92 Å². The van der Waals surface area contributed by atoms with E-state index in [2.05, 4.69) is 10.6 Å². The quantitative estimate of drug-likeness (QED) is 0.669. The molecule has 1 aliphatic carbocycles. The van der Waals surface area contributed by atoms with E-state index in [0.717, 1.165) is 12.8 Å². The maximum absolute atomic E-state index is 11.8. The van der Waals surface area contributed by atoms with Crippen molar-refractivity contribution in [1.82, 2.24) is 10.6 Å². The van der Waals surface area contributed by atoms with Gasteiger partial charge in [-0.2, -0.15) is 0 Å². The van der Waals surface area contributed by atoms with Crippen molar-refractivity contribution >= 4 is 12.1 Å². The van der Waals surface area contributed by atoms with Crippen LogP contribution >= 0.6 is 0 Å². The fourth-order valence-corrected chi connectivity index (χ4v) is 2.99. The van der Waals surface area contributed by atoms with Crippen molar-refractivity contribution in [1.29, 1.82) is 0 Å². The minimum absolute atomic E-state index is 0.165. The highest BCUT2D eigenvalue weighted by Crippen LogP contribution is 2.25. The summed E-state index contributed by atoms with van der Waals surface area (Å²) >= 11 is 0. The van der Waals surface area contributed by atoms with Crippen molar-refractivity contribution in [2.24, 2.45) is 5.92 Å². The maximum Gasteiger partial charge on any atom is 0.407 e. The number of rotatable bonds is 7. The first-order chi connectivity index (χ1) is 10.7. The van der Waals surface area contributed by atoms with Crippen molar-refractivity contribution in [3.05, 3.63) is 0 Å². The molecule has 6 nitrogen and oxygen atoms in total. The van der Waals surface area contributed by atoms with Crippen LogP contribution < -0.4 is 10.6 Å². The fraction of sp³-hybridized carbons (Fsp3) is 0.882. The van der Waals surface area contributed by atoms with Crippen molar-refractivity contribution in [2.75, 3.05) is 6.54 Å². The summed E-state index contributed by atoms with van der Waals surface area (Å²) in [7, 11) is 0. The molecule has 6 heteroatoms. The molecule has 23 heavy (non-hydrogen) atoms. The van der Waals surface area contributed by atoms with Gasteiger partial charge in [0, 0.05) is 25.0 Å². The summed E-state index contributed by atoms with van der Waals surface area (Å²) in [6.45, 7) is 8.17. The fourth-order valence-electron chi connectivity index (χ4n) is 2.99. The van der Waals surface area contributed by atoms with Crippen LogP contribution in [0.15, 0.2) is 0 Å². The molecule has 1 aliphatic rings. The molecule has 0 saturated heterocycles. The molecule has 0 bridgehead atoms. The number of ether oxygens (including phenoxy) is 1. The van der Waals surface area contributed by atoms with Gasteiger partial charge < -0.3 is 20.5 Å². The smallest absolute Gasteiger partial charge is 0.407 e. The predicted octanol–water partition coefficient (Wildman–Crippen LogP) is 2.91. The van der Waals surface area contributed by atoms with E-state index < -0.39 is 11.6 Å². The summed E-state index contributed by atoms with van der Waals surface area (Å²) in [6, 6.07) is 0.487. The molecule has 0 aliphatic heterocycles. The van der Waals surface area contributed by atoms with Gasteiger partial charge in [-0.05, 0) is 52.9 Å². The van der Waals surface area contributed by atoms with Gasteiger partial charge in [-0.3, -0.25) is 4.79 Å². The standard InChI is InChI=1S/C17H32N2O4/c1-12(9-10-15(20)21)19-14-8-6-5-7-13(14)11-18-16(22)23-17(2,3)4/h12-14,19H,5-11H2,1-4H3,(H,18,22)(H,20,21). The first-order valence-corrected chi connectivity index (χ1v) is 8.62. The Hall–Kier alpha value is -1.30. The lowest BCUT2D eigenvalue weighted by molar-refractivity contribution is -0.137. The average Bonchev–Trinajstić information content (AvgIpc) is 2.42. The first kappa shape index (κ1) is 19.7. The van der Waals surface area contributed by atoms with Crippen LogP contribution in [0.3, 0.4) is 0 Å². The van der Waals surface area contributed by atoms with Gasteiger partial charge in [0.2, 0.25) is 0 Å². The molecule has 0 heterocycles. The number of amides is 1. The first-order valence-electron chi connectivity index (χ1n) is 8.62. The molecule has 0 radical (unpaired) electrons. The normalized spacial score (nSPS) is 23.1. The highest BCUT2D eigenvalue weighted by atomic mass is 16.6. The van der Waals surface area contributed by atoms with E-state index in [4.69, 9.17) is 9.84 Å². The van der Waals surface area contributed by atoms with E-state index >= 15 is 0 Å². The molecule has 1 saturated carbocycles. The minimum atomic E-state index is -0.759. The molecule has 0 spiro atoms. The molecule has 3 unspecified atom stereocenters. The van der Waals surface area contributed by atoms with Gasteiger partial charge in [-0.1, -0.05) is 12.8 Å². The van der Waals surface area contributed by atoms with E-state index in [-0.39, 0.29) is 18.6 Å². The third-order valence-electron chi connectivity index (χ3n) is 4.11. The molecule has 0 aromatic rings. The Balaban J connectivity index is 2.41. The van der Waals surface area contributed by atoms with E-state index in [0.29, 0.717) is 24.9 Å². The van der Waals surface area contributed by atoms with Gasteiger partial charge in [0.1, 0.15) is 5.60 Å². The molecule has 1 rings (SSSR count). The van der Waals surface area contributed by atoms with Crippen molar-refractivity contribution in [3.63, 3.8) is 0 Å². The lowest BCUT2D eigenvalue weighted by Gasteiger charge is -2.34. The third kappa shape index (κ3) is 8.79. The molecule has 134 valence electrons. The number of nitrogens with one attached hydrogen (secondary N) is 2. The van der Waals surface area contributed by atoms with Gasteiger partial charge in [0.05, 0.1) is 0 Å². The zero-order chi connectivity index (χ0) is 17.5. The largest absolute Gasteiger partial charge is 0.481 e. The number of carbonyl (C=O) groups excluding carboxylic acids is 1. The van der Waals surface area contributed by atoms with Crippen LogP contribution in [0.2, 0.25) is 0 Å². The Morgan fingerprint density at radius 1 is 1.26 bits per heavy atom. The van der Waals surface area contributed by atoms with Crippen molar-refractivity contribution < 1.29 is 19.4 Å². The summed E-state index contributed by atoms with van der Waals surface area (Å²) in [6.07, 6.45) is 4.91. The number of carboxylic acid groups (broad SMARTS) is 1. The summed E-state index contributed by atoms with van der Waals surface area (Å²) in [5.41, 5.74) is -0.486. The molecular formula is C17H32N2O4. The number of carbonyl (C=O) groups is 2. The second-order valence-electron chi connectivity index (χ2n) is 7.53. The van der Waals surface area contributed by atoms with Crippen molar-refractivity contribution in [2.45, 2.75) is 83.9 Å². The summed E-state index contributed by atoms with van der Waals surface area (Å²) in [5, 5.41) is 15.2. The Bertz CT molecular complexity index is 393. The van der Waals surface area contributed by atoms with Crippen LogP contribution in [-0.2, 0) is 9.53 Å². The Morgan fingerprint density at radius 3 is 2.52 bits per heavy atom. The van der Waals surface area contributed by atoms with Crippen molar-refractivity contribution in [3.8, 4) is 0 Å². The summed E-state index contributed by atoms with van der Waals surface area (Å²) in [5.74, 6) is -0.394. The molecule has 0 aromatic heterocycles. The lowest BCUT2D eigenvalue weighted by atomic mass is 9.84.